The Morgan fingerprint density at radius 2 is 2.12 bits per heavy atom. The summed E-state index contributed by atoms with van der Waals surface area (Å²) in [4.78, 5) is 24.1. The average molecular weight is 244 g/mol. The molecule has 0 aromatic carbocycles. The van der Waals surface area contributed by atoms with Crippen molar-refractivity contribution in [3.63, 3.8) is 0 Å². The molecular formula is C11H20N2O4. The molecule has 98 valence electrons. The van der Waals surface area contributed by atoms with Crippen molar-refractivity contribution >= 4 is 12.0 Å². The molecule has 0 bridgehead atoms. The molecule has 1 aliphatic rings. The molecule has 1 aliphatic heterocycles. The highest BCUT2D eigenvalue weighted by molar-refractivity contribution is 5.82. The number of aliphatic hydroxyl groups excluding tert-OH is 1. The molecule has 1 unspecified atom stereocenters. The quantitative estimate of drug-likeness (QED) is 0.664. The Bertz CT molecular complexity index is 304. The van der Waals surface area contributed by atoms with E-state index in [1.165, 1.54) is 0 Å². The zero-order valence-corrected chi connectivity index (χ0v) is 10.3. The van der Waals surface area contributed by atoms with Crippen LogP contribution >= 0.6 is 0 Å². The summed E-state index contributed by atoms with van der Waals surface area (Å²) < 4.78 is 0. The van der Waals surface area contributed by atoms with Crippen molar-refractivity contribution in [3.05, 3.63) is 0 Å². The predicted molar refractivity (Wildman–Crippen MR) is 61.6 cm³/mol. The third kappa shape index (κ3) is 3.89. The molecule has 3 N–H and O–H groups in total. The molecule has 17 heavy (non-hydrogen) atoms. The van der Waals surface area contributed by atoms with Gasteiger partial charge < -0.3 is 20.4 Å². The molecule has 0 spiro atoms. The number of nitrogens with one attached hydrogen (secondary N) is 1. The van der Waals surface area contributed by atoms with Crippen molar-refractivity contribution in [2.75, 3.05) is 19.7 Å². The zero-order chi connectivity index (χ0) is 13.1. The topological polar surface area (TPSA) is 89.9 Å². The molecule has 6 nitrogen and oxygen atoms in total. The monoisotopic (exact) mass is 244 g/mol. The van der Waals surface area contributed by atoms with E-state index in [1.807, 2.05) is 0 Å². The van der Waals surface area contributed by atoms with Crippen molar-refractivity contribution < 1.29 is 19.8 Å². The maximum Gasteiger partial charge on any atom is 0.328 e. The number of hydrogen-bond acceptors (Lipinski definition) is 3. The summed E-state index contributed by atoms with van der Waals surface area (Å²) in [7, 11) is 0. The van der Waals surface area contributed by atoms with Crippen molar-refractivity contribution in [1.82, 2.24) is 10.2 Å². The van der Waals surface area contributed by atoms with Gasteiger partial charge in [0.15, 0.2) is 6.04 Å². The highest BCUT2D eigenvalue weighted by Gasteiger charge is 2.30. The minimum absolute atomic E-state index is 0.0630. The van der Waals surface area contributed by atoms with Gasteiger partial charge in [-0.3, -0.25) is 0 Å². The number of urea groups is 1. The van der Waals surface area contributed by atoms with Gasteiger partial charge in [0, 0.05) is 13.1 Å². The number of piperidine rings is 1. The lowest BCUT2D eigenvalue weighted by Gasteiger charge is -2.38. The van der Waals surface area contributed by atoms with E-state index in [-0.39, 0.29) is 5.41 Å². The average Bonchev–Trinajstić information content (AvgIpc) is 2.23. The number of carboxylic acids is 1. The van der Waals surface area contributed by atoms with E-state index < -0.39 is 24.6 Å². The van der Waals surface area contributed by atoms with Gasteiger partial charge in [-0.1, -0.05) is 13.8 Å². The molecule has 1 saturated heterocycles. The first kappa shape index (κ1) is 13.8. The second-order valence-electron chi connectivity index (χ2n) is 5.21. The maximum atomic E-state index is 11.8. The molecule has 0 aliphatic carbocycles. The summed E-state index contributed by atoms with van der Waals surface area (Å²) >= 11 is 0. The lowest BCUT2D eigenvalue weighted by molar-refractivity contribution is -0.140. The summed E-state index contributed by atoms with van der Waals surface area (Å²) in [6.07, 6.45) is 1.97. The van der Waals surface area contributed by atoms with Crippen molar-refractivity contribution in [1.29, 1.82) is 0 Å². The second-order valence-corrected chi connectivity index (χ2v) is 5.21. The molecule has 1 fully saturated rings. The third-order valence-corrected chi connectivity index (χ3v) is 2.97. The minimum atomic E-state index is -1.23. The van der Waals surface area contributed by atoms with E-state index in [4.69, 9.17) is 10.2 Å². The Hall–Kier alpha value is -1.30. The number of aliphatic hydroxyl groups is 1. The number of carbonyl (C=O) groups excluding carboxylic acids is 1. The number of likely N-dealkylation sites (tertiary alicyclic amines) is 1. The molecule has 2 amide bonds. The predicted octanol–water partition coefficient (Wildman–Crippen LogP) is 0.263. The van der Waals surface area contributed by atoms with Gasteiger partial charge in [0.2, 0.25) is 0 Å². The number of hydrogen-bond donors (Lipinski definition) is 3. The van der Waals surface area contributed by atoms with Crippen LogP contribution in [0.25, 0.3) is 0 Å². The summed E-state index contributed by atoms with van der Waals surface area (Å²) in [6, 6.07) is -1.65. The number of carboxylic acid groups (broad SMARTS) is 1. The van der Waals surface area contributed by atoms with Crippen LogP contribution in [0.5, 0.6) is 0 Å². The molecule has 0 saturated carbocycles. The van der Waals surface area contributed by atoms with Gasteiger partial charge in [0.1, 0.15) is 0 Å². The van der Waals surface area contributed by atoms with E-state index in [2.05, 4.69) is 19.2 Å². The van der Waals surface area contributed by atoms with Crippen LogP contribution in [0.4, 0.5) is 4.79 Å². The lowest BCUT2D eigenvalue weighted by Crippen LogP contribution is -2.53. The minimum Gasteiger partial charge on any atom is -0.480 e. The fourth-order valence-electron chi connectivity index (χ4n) is 2.02. The van der Waals surface area contributed by atoms with Crippen LogP contribution in [0, 0.1) is 5.41 Å². The third-order valence-electron chi connectivity index (χ3n) is 2.97. The Morgan fingerprint density at radius 3 is 2.59 bits per heavy atom. The Kier molecular flexibility index (Phi) is 4.34. The van der Waals surface area contributed by atoms with Crippen molar-refractivity contribution in [2.45, 2.75) is 32.7 Å². The van der Waals surface area contributed by atoms with Crippen LogP contribution in [-0.2, 0) is 4.79 Å². The largest absolute Gasteiger partial charge is 0.480 e. The van der Waals surface area contributed by atoms with E-state index in [0.717, 1.165) is 12.8 Å². The first-order valence-electron chi connectivity index (χ1n) is 5.75. The molecule has 6 heteroatoms. The number of carbonyl (C=O) groups is 2. The van der Waals surface area contributed by atoms with Crippen LogP contribution in [0.1, 0.15) is 26.7 Å². The van der Waals surface area contributed by atoms with E-state index >= 15 is 0 Å². The van der Waals surface area contributed by atoms with Gasteiger partial charge in [-0.15, -0.1) is 0 Å². The Labute approximate surface area is 101 Å². The number of amides is 2. The molecule has 1 atom stereocenters. The summed E-state index contributed by atoms with van der Waals surface area (Å²) in [5, 5.41) is 19.9. The van der Waals surface area contributed by atoms with E-state index in [9.17, 15) is 9.59 Å². The molecule has 0 aromatic heterocycles. The molecule has 1 heterocycles. The Balaban J connectivity index is 2.55. The first-order valence-corrected chi connectivity index (χ1v) is 5.75. The number of rotatable bonds is 3. The standard InChI is InChI=1S/C11H20N2O4/c1-11(2)4-3-5-13(7-11)10(17)12-8(6-14)9(15)16/h8,14H,3-7H2,1-2H3,(H,12,17)(H,15,16). The zero-order valence-electron chi connectivity index (χ0n) is 10.3. The van der Waals surface area contributed by atoms with Crippen molar-refractivity contribution in [3.8, 4) is 0 Å². The van der Waals surface area contributed by atoms with Crippen LogP contribution in [0.2, 0.25) is 0 Å². The molecule has 1 rings (SSSR count). The highest BCUT2D eigenvalue weighted by Crippen LogP contribution is 2.28. The SMILES string of the molecule is CC1(C)CCCN(C(=O)NC(CO)C(=O)O)C1. The van der Waals surface area contributed by atoms with Gasteiger partial charge in [0.05, 0.1) is 6.61 Å². The van der Waals surface area contributed by atoms with Crippen LogP contribution < -0.4 is 5.32 Å². The summed E-state index contributed by atoms with van der Waals surface area (Å²) in [6.45, 7) is 4.79. The van der Waals surface area contributed by atoms with Crippen LogP contribution in [-0.4, -0.2) is 52.9 Å². The number of nitrogens with zero attached hydrogens (tertiary/aromatic N) is 1. The van der Waals surface area contributed by atoms with E-state index in [1.54, 1.807) is 4.90 Å². The van der Waals surface area contributed by atoms with Crippen molar-refractivity contribution in [2.24, 2.45) is 5.41 Å². The first-order chi connectivity index (χ1) is 7.85. The summed E-state index contributed by atoms with van der Waals surface area (Å²) in [5.74, 6) is -1.22. The maximum absolute atomic E-state index is 11.8. The van der Waals surface area contributed by atoms with Gasteiger partial charge in [-0.2, -0.15) is 0 Å². The van der Waals surface area contributed by atoms with Gasteiger partial charge in [0.25, 0.3) is 0 Å². The lowest BCUT2D eigenvalue weighted by atomic mass is 9.84. The Morgan fingerprint density at radius 1 is 1.47 bits per heavy atom. The fraction of sp³-hybridized carbons (Fsp3) is 0.818. The van der Waals surface area contributed by atoms with E-state index in [0.29, 0.717) is 13.1 Å². The molecular weight excluding hydrogens is 224 g/mol. The molecule has 0 aromatic rings. The summed E-state index contributed by atoms with van der Waals surface area (Å²) in [5.41, 5.74) is 0.0630. The fourth-order valence-corrected chi connectivity index (χ4v) is 2.02. The van der Waals surface area contributed by atoms with Crippen LogP contribution in [0.15, 0.2) is 0 Å². The highest BCUT2D eigenvalue weighted by atomic mass is 16.4. The van der Waals surface area contributed by atoms with Gasteiger partial charge >= 0.3 is 12.0 Å². The smallest absolute Gasteiger partial charge is 0.328 e. The van der Waals surface area contributed by atoms with Gasteiger partial charge in [-0.25, -0.2) is 9.59 Å². The molecule has 0 radical (unpaired) electrons. The van der Waals surface area contributed by atoms with Gasteiger partial charge in [-0.05, 0) is 18.3 Å². The normalized spacial score (nSPS) is 20.8. The number of aliphatic carboxylic acids is 1. The van der Waals surface area contributed by atoms with Crippen LogP contribution in [0.3, 0.4) is 0 Å². The second kappa shape index (κ2) is 5.35.